The van der Waals surface area contributed by atoms with Gasteiger partial charge in [-0.2, -0.15) is 15.1 Å². The number of fused-ring (bicyclic) bond motifs is 1. The van der Waals surface area contributed by atoms with Crippen LogP contribution in [0.3, 0.4) is 0 Å². The molecule has 2 saturated heterocycles. The van der Waals surface area contributed by atoms with E-state index in [9.17, 15) is 9.90 Å². The molecule has 5 rings (SSSR count). The number of aromatic nitrogens is 4. The molecule has 32 heavy (non-hydrogen) atoms. The van der Waals surface area contributed by atoms with Crippen LogP contribution >= 0.6 is 0 Å². The summed E-state index contributed by atoms with van der Waals surface area (Å²) in [5.74, 6) is 1.91. The fourth-order valence-electron chi connectivity index (χ4n) is 4.74. The Morgan fingerprint density at radius 1 is 1.12 bits per heavy atom. The maximum atomic E-state index is 11.7. The molecule has 168 valence electrons. The second-order valence-corrected chi connectivity index (χ2v) is 8.73. The molecule has 0 saturated carbocycles. The van der Waals surface area contributed by atoms with Gasteiger partial charge in [0.15, 0.2) is 5.82 Å². The monoisotopic (exact) mass is 436 g/mol. The molecule has 0 aliphatic carbocycles. The minimum atomic E-state index is -0.329. The molecular weight excluding hydrogens is 408 g/mol. The number of β-amino-alcohol motifs (C(OH)–C–C–N with tert-alkyl or cyclic N) is 1. The molecule has 4 heterocycles. The number of aliphatic hydroxyl groups is 1. The Bertz CT molecular complexity index is 1160. The molecule has 3 aromatic rings. The van der Waals surface area contributed by atoms with E-state index in [1.165, 1.54) is 11.1 Å². The SMILES string of the molecule is COc1nc(N2CC(O)C2)cc(-n2ncc3cc(C)c(C4CCN(C(C)=O)CC4)cc32)n1. The number of benzene rings is 1. The normalized spacial score (nSPS) is 17.6. The molecule has 1 amide bonds. The lowest BCUT2D eigenvalue weighted by Crippen LogP contribution is -2.51. The Hall–Kier alpha value is -3.20. The number of likely N-dealkylation sites (tertiary alicyclic amines) is 1. The number of carbonyl (C=O) groups excluding carboxylic acids is 1. The molecule has 9 heteroatoms. The number of amides is 1. The largest absolute Gasteiger partial charge is 0.467 e. The third-order valence-electron chi connectivity index (χ3n) is 6.60. The van der Waals surface area contributed by atoms with Crippen molar-refractivity contribution in [3.8, 4) is 11.8 Å². The van der Waals surface area contributed by atoms with Gasteiger partial charge in [0.2, 0.25) is 5.91 Å². The van der Waals surface area contributed by atoms with Crippen molar-refractivity contribution in [1.29, 1.82) is 0 Å². The predicted octanol–water partition coefficient (Wildman–Crippen LogP) is 2.04. The van der Waals surface area contributed by atoms with E-state index in [2.05, 4.69) is 34.1 Å². The van der Waals surface area contributed by atoms with Gasteiger partial charge >= 0.3 is 6.01 Å². The number of hydrogen-bond donors (Lipinski definition) is 1. The number of piperidine rings is 1. The summed E-state index contributed by atoms with van der Waals surface area (Å²) in [6.07, 6.45) is 3.45. The standard InChI is InChI=1S/C23H28N6O3/c1-14-8-17-11-24-29(20(17)9-19(14)16-4-6-27(7-5-16)15(2)30)22-10-21(25-23(26-22)32-3)28-12-18(31)13-28/h8-11,16,18,31H,4-7,12-13H2,1-3H3. The van der Waals surface area contributed by atoms with E-state index in [1.54, 1.807) is 14.0 Å². The average molecular weight is 437 g/mol. The number of anilines is 1. The van der Waals surface area contributed by atoms with Crippen molar-refractivity contribution >= 4 is 22.6 Å². The summed E-state index contributed by atoms with van der Waals surface area (Å²) in [4.78, 5) is 24.6. The molecule has 9 nitrogen and oxygen atoms in total. The summed E-state index contributed by atoms with van der Waals surface area (Å²) in [6.45, 7) is 6.46. The Kier molecular flexibility index (Phi) is 5.21. The van der Waals surface area contributed by atoms with Crippen molar-refractivity contribution in [1.82, 2.24) is 24.6 Å². The summed E-state index contributed by atoms with van der Waals surface area (Å²) < 4.78 is 7.16. The lowest BCUT2D eigenvalue weighted by atomic mass is 9.86. The molecule has 1 N–H and O–H groups in total. The van der Waals surface area contributed by atoms with Gasteiger partial charge in [0.25, 0.3) is 0 Å². The van der Waals surface area contributed by atoms with Crippen LogP contribution in [0.2, 0.25) is 0 Å². The zero-order chi connectivity index (χ0) is 22.4. The molecule has 0 bridgehead atoms. The van der Waals surface area contributed by atoms with E-state index in [0.29, 0.717) is 30.6 Å². The first-order chi connectivity index (χ1) is 15.4. The van der Waals surface area contributed by atoms with Crippen LogP contribution in [0, 0.1) is 6.92 Å². The van der Waals surface area contributed by atoms with Crippen LogP contribution in [0.5, 0.6) is 6.01 Å². The van der Waals surface area contributed by atoms with Gasteiger partial charge in [-0.3, -0.25) is 4.79 Å². The smallest absolute Gasteiger partial charge is 0.320 e. The number of nitrogens with zero attached hydrogens (tertiary/aromatic N) is 6. The van der Waals surface area contributed by atoms with Gasteiger partial charge in [-0.15, -0.1) is 0 Å². The third-order valence-corrected chi connectivity index (χ3v) is 6.60. The topological polar surface area (TPSA) is 96.6 Å². The highest BCUT2D eigenvalue weighted by molar-refractivity contribution is 5.82. The summed E-state index contributed by atoms with van der Waals surface area (Å²) in [7, 11) is 1.55. The zero-order valence-electron chi connectivity index (χ0n) is 18.7. The number of hydrogen-bond acceptors (Lipinski definition) is 7. The first-order valence-corrected chi connectivity index (χ1v) is 11.0. The number of ether oxygens (including phenoxy) is 1. The quantitative estimate of drug-likeness (QED) is 0.668. The maximum Gasteiger partial charge on any atom is 0.320 e. The summed E-state index contributed by atoms with van der Waals surface area (Å²) in [5, 5.41) is 15.3. The molecule has 2 aliphatic heterocycles. The Morgan fingerprint density at radius 2 is 1.84 bits per heavy atom. The van der Waals surface area contributed by atoms with Crippen molar-refractivity contribution in [3.05, 3.63) is 35.5 Å². The first-order valence-electron chi connectivity index (χ1n) is 11.0. The van der Waals surface area contributed by atoms with Gasteiger partial charge in [-0.05, 0) is 48.9 Å². The minimum absolute atomic E-state index is 0.150. The summed E-state index contributed by atoms with van der Waals surface area (Å²) in [5.41, 5.74) is 3.53. The van der Waals surface area contributed by atoms with E-state index >= 15 is 0 Å². The molecule has 1 aromatic carbocycles. The number of methoxy groups -OCH3 is 1. The Balaban J connectivity index is 1.51. The van der Waals surface area contributed by atoms with Gasteiger partial charge in [0, 0.05) is 44.6 Å². The molecule has 0 unspecified atom stereocenters. The van der Waals surface area contributed by atoms with Crippen molar-refractivity contribution in [2.75, 3.05) is 38.2 Å². The highest BCUT2D eigenvalue weighted by atomic mass is 16.5. The van der Waals surface area contributed by atoms with Crippen LogP contribution in [-0.2, 0) is 4.79 Å². The molecule has 0 radical (unpaired) electrons. The first kappa shape index (κ1) is 20.7. The van der Waals surface area contributed by atoms with Crippen molar-refractivity contribution in [3.63, 3.8) is 0 Å². The van der Waals surface area contributed by atoms with E-state index in [0.717, 1.165) is 36.8 Å². The molecular formula is C23H28N6O3. The fraction of sp³-hybridized carbons (Fsp3) is 0.478. The molecule has 2 aromatic heterocycles. The average Bonchev–Trinajstić information content (AvgIpc) is 3.18. The van der Waals surface area contributed by atoms with Crippen LogP contribution in [-0.4, -0.2) is 75.1 Å². The third kappa shape index (κ3) is 3.66. The van der Waals surface area contributed by atoms with Gasteiger partial charge in [-0.1, -0.05) is 0 Å². The number of rotatable bonds is 4. The van der Waals surface area contributed by atoms with Crippen LogP contribution in [0.15, 0.2) is 24.4 Å². The van der Waals surface area contributed by atoms with Gasteiger partial charge < -0.3 is 19.6 Å². The second kappa shape index (κ2) is 8.05. The maximum absolute atomic E-state index is 11.7. The van der Waals surface area contributed by atoms with Crippen LogP contribution < -0.4 is 9.64 Å². The van der Waals surface area contributed by atoms with E-state index < -0.39 is 0 Å². The minimum Gasteiger partial charge on any atom is -0.467 e. The molecule has 0 atom stereocenters. The van der Waals surface area contributed by atoms with Crippen molar-refractivity contribution < 1.29 is 14.6 Å². The lowest BCUT2D eigenvalue weighted by molar-refractivity contribution is -0.129. The van der Waals surface area contributed by atoms with Crippen LogP contribution in [0.25, 0.3) is 16.7 Å². The lowest BCUT2D eigenvalue weighted by Gasteiger charge is -2.36. The highest BCUT2D eigenvalue weighted by Crippen LogP contribution is 2.34. The Labute approximate surface area is 186 Å². The Morgan fingerprint density at radius 3 is 2.50 bits per heavy atom. The second-order valence-electron chi connectivity index (χ2n) is 8.73. The van der Waals surface area contributed by atoms with Crippen molar-refractivity contribution in [2.45, 2.75) is 38.7 Å². The van der Waals surface area contributed by atoms with Crippen LogP contribution in [0.4, 0.5) is 5.82 Å². The van der Waals surface area contributed by atoms with Crippen molar-refractivity contribution in [2.24, 2.45) is 0 Å². The molecule has 0 spiro atoms. The van der Waals surface area contributed by atoms with E-state index in [-0.39, 0.29) is 18.0 Å². The highest BCUT2D eigenvalue weighted by Gasteiger charge is 2.27. The number of aliphatic hydroxyl groups excluding tert-OH is 1. The van der Waals surface area contributed by atoms with Gasteiger partial charge in [-0.25, -0.2) is 4.68 Å². The van der Waals surface area contributed by atoms with Gasteiger partial charge in [0.05, 0.1) is 24.9 Å². The summed E-state index contributed by atoms with van der Waals surface area (Å²) in [6, 6.07) is 6.54. The van der Waals surface area contributed by atoms with Crippen LogP contribution in [0.1, 0.15) is 36.8 Å². The zero-order valence-corrected chi connectivity index (χ0v) is 18.7. The number of aryl methyl sites for hydroxylation is 1. The fourth-order valence-corrected chi connectivity index (χ4v) is 4.74. The predicted molar refractivity (Wildman–Crippen MR) is 120 cm³/mol. The molecule has 2 fully saturated rings. The number of carbonyl (C=O) groups is 1. The van der Waals surface area contributed by atoms with E-state index in [4.69, 9.17) is 4.74 Å². The van der Waals surface area contributed by atoms with Gasteiger partial charge in [0.1, 0.15) is 5.82 Å². The van der Waals surface area contributed by atoms with E-state index in [1.807, 2.05) is 26.7 Å². The summed E-state index contributed by atoms with van der Waals surface area (Å²) >= 11 is 0. The molecule has 2 aliphatic rings.